The first-order valence-corrected chi connectivity index (χ1v) is 14.4. The molecule has 4 heterocycles. The minimum Gasteiger partial charge on any atom is -0.340 e. The molecule has 206 valence electrons. The molecule has 8 heteroatoms. The number of aryl methyl sites for hydroxylation is 1. The first-order valence-electron chi connectivity index (χ1n) is 14.4. The van der Waals surface area contributed by atoms with Crippen molar-refractivity contribution in [3.63, 3.8) is 0 Å². The third-order valence-corrected chi connectivity index (χ3v) is 8.61. The van der Waals surface area contributed by atoms with E-state index in [1.165, 1.54) is 43.6 Å². The van der Waals surface area contributed by atoms with Crippen LogP contribution in [-0.2, 0) is 13.1 Å². The van der Waals surface area contributed by atoms with Crippen LogP contribution in [0.3, 0.4) is 0 Å². The van der Waals surface area contributed by atoms with Crippen LogP contribution in [0.2, 0.25) is 0 Å². The van der Waals surface area contributed by atoms with Crippen molar-refractivity contribution in [1.82, 2.24) is 24.3 Å². The van der Waals surface area contributed by atoms with Crippen LogP contribution in [-0.4, -0.2) is 69.0 Å². The van der Waals surface area contributed by atoms with Gasteiger partial charge in [-0.3, -0.25) is 4.90 Å². The Hall–Kier alpha value is -3.39. The van der Waals surface area contributed by atoms with Crippen molar-refractivity contribution in [3.8, 4) is 11.3 Å². The Balaban J connectivity index is 1.18. The maximum atomic E-state index is 13.7. The summed E-state index contributed by atoms with van der Waals surface area (Å²) < 4.78 is 15.9. The third-order valence-electron chi connectivity index (χ3n) is 8.61. The molecule has 2 amide bonds. The van der Waals surface area contributed by atoms with Crippen LogP contribution >= 0.6 is 0 Å². The highest BCUT2D eigenvalue weighted by molar-refractivity contribution is 5.78. The standard InChI is InChI=1S/C31H39FN6O/c1-22-5-11-26(12-6-22)33-30-29(24-7-9-25(32)10-8-24)34-28-21-37(18-19-38(28)30)31(39)35-16-13-27(14-17-35)36-15-3-4-23(2)20-36/h5-12,23,27,33H,3-4,13-21H2,1-2H3. The van der Waals surface area contributed by atoms with Gasteiger partial charge in [0.05, 0.1) is 6.54 Å². The monoisotopic (exact) mass is 530 g/mol. The molecule has 2 aromatic carbocycles. The largest absolute Gasteiger partial charge is 0.340 e. The molecule has 39 heavy (non-hydrogen) atoms. The number of hydrogen-bond donors (Lipinski definition) is 1. The summed E-state index contributed by atoms with van der Waals surface area (Å²) in [7, 11) is 0. The molecular weight excluding hydrogens is 491 g/mol. The molecule has 0 saturated carbocycles. The average Bonchev–Trinajstić information content (AvgIpc) is 3.31. The van der Waals surface area contributed by atoms with Crippen LogP contribution in [0, 0.1) is 18.7 Å². The van der Waals surface area contributed by atoms with Gasteiger partial charge >= 0.3 is 6.03 Å². The number of aromatic nitrogens is 2. The summed E-state index contributed by atoms with van der Waals surface area (Å²) >= 11 is 0. The summed E-state index contributed by atoms with van der Waals surface area (Å²) in [5, 5.41) is 3.56. The lowest BCUT2D eigenvalue weighted by atomic mass is 9.95. The molecule has 0 radical (unpaired) electrons. The number of amides is 2. The summed E-state index contributed by atoms with van der Waals surface area (Å²) in [6.45, 7) is 10.2. The number of carbonyl (C=O) groups excluding carboxylic acids is 1. The summed E-state index contributed by atoms with van der Waals surface area (Å²) in [4.78, 5) is 25.2. The topological polar surface area (TPSA) is 56.6 Å². The number of fused-ring (bicyclic) bond motifs is 1. The molecule has 6 rings (SSSR count). The Morgan fingerprint density at radius 2 is 1.67 bits per heavy atom. The van der Waals surface area contributed by atoms with E-state index in [4.69, 9.17) is 4.98 Å². The molecule has 2 saturated heterocycles. The van der Waals surface area contributed by atoms with Gasteiger partial charge in [0, 0.05) is 50.0 Å². The molecule has 1 aromatic heterocycles. The summed E-state index contributed by atoms with van der Waals surface area (Å²) in [5.74, 6) is 2.23. The highest BCUT2D eigenvalue weighted by atomic mass is 19.1. The van der Waals surface area contributed by atoms with Crippen LogP contribution in [0.5, 0.6) is 0 Å². The van der Waals surface area contributed by atoms with E-state index in [9.17, 15) is 9.18 Å². The number of carbonyl (C=O) groups is 1. The normalized spacial score (nSPS) is 20.6. The van der Waals surface area contributed by atoms with Gasteiger partial charge < -0.3 is 19.7 Å². The molecule has 3 aromatic rings. The minimum atomic E-state index is -0.272. The Morgan fingerprint density at radius 3 is 2.38 bits per heavy atom. The van der Waals surface area contributed by atoms with Crippen LogP contribution < -0.4 is 5.32 Å². The van der Waals surface area contributed by atoms with Crippen molar-refractivity contribution in [2.75, 3.05) is 38.0 Å². The minimum absolute atomic E-state index is 0.117. The van der Waals surface area contributed by atoms with Gasteiger partial charge in [-0.15, -0.1) is 0 Å². The zero-order valence-electron chi connectivity index (χ0n) is 23.1. The van der Waals surface area contributed by atoms with Gasteiger partial charge in [0.1, 0.15) is 23.2 Å². The Morgan fingerprint density at radius 1 is 0.923 bits per heavy atom. The number of piperidine rings is 2. The maximum absolute atomic E-state index is 13.7. The maximum Gasteiger partial charge on any atom is 0.320 e. The van der Waals surface area contributed by atoms with Crippen LogP contribution in [0.15, 0.2) is 48.5 Å². The summed E-state index contributed by atoms with van der Waals surface area (Å²) in [5.41, 5.74) is 3.78. The lowest BCUT2D eigenvalue weighted by Gasteiger charge is -2.43. The van der Waals surface area contributed by atoms with Crippen LogP contribution in [0.4, 0.5) is 20.7 Å². The fraction of sp³-hybridized carbons (Fsp3) is 0.484. The van der Waals surface area contributed by atoms with Gasteiger partial charge in [0.15, 0.2) is 0 Å². The Bertz CT molecular complexity index is 1300. The zero-order valence-corrected chi connectivity index (χ0v) is 23.1. The second-order valence-corrected chi connectivity index (χ2v) is 11.5. The van der Waals surface area contributed by atoms with E-state index in [0.717, 1.165) is 60.4 Å². The highest BCUT2D eigenvalue weighted by Gasteiger charge is 2.33. The van der Waals surface area contributed by atoms with Gasteiger partial charge in [-0.25, -0.2) is 14.2 Å². The van der Waals surface area contributed by atoms with E-state index in [1.807, 2.05) is 9.80 Å². The van der Waals surface area contributed by atoms with Crippen molar-refractivity contribution >= 4 is 17.5 Å². The van der Waals surface area contributed by atoms with Gasteiger partial charge in [-0.2, -0.15) is 0 Å². The Labute approximate surface area is 230 Å². The molecule has 3 aliphatic rings. The van der Waals surface area contributed by atoms with Gasteiger partial charge in [0.25, 0.3) is 0 Å². The van der Waals surface area contributed by atoms with Crippen molar-refractivity contribution in [2.45, 2.75) is 58.7 Å². The molecule has 1 N–H and O–H groups in total. The molecular formula is C31H39FN6O. The number of imidazole rings is 1. The number of nitrogens with one attached hydrogen (secondary N) is 1. The van der Waals surface area contributed by atoms with E-state index >= 15 is 0 Å². The Kier molecular flexibility index (Phi) is 7.30. The number of hydrogen-bond acceptors (Lipinski definition) is 4. The molecule has 0 bridgehead atoms. The fourth-order valence-electron chi connectivity index (χ4n) is 6.38. The molecule has 1 unspecified atom stereocenters. The second-order valence-electron chi connectivity index (χ2n) is 11.5. The van der Waals surface area contributed by atoms with E-state index in [2.05, 4.69) is 52.9 Å². The van der Waals surface area contributed by atoms with E-state index in [-0.39, 0.29) is 11.8 Å². The fourth-order valence-corrected chi connectivity index (χ4v) is 6.38. The molecule has 1 atom stereocenters. The smallest absolute Gasteiger partial charge is 0.320 e. The lowest BCUT2D eigenvalue weighted by molar-refractivity contribution is 0.0724. The van der Waals surface area contributed by atoms with Crippen LogP contribution in [0.25, 0.3) is 11.3 Å². The van der Waals surface area contributed by atoms with Gasteiger partial charge in [-0.1, -0.05) is 24.6 Å². The number of anilines is 2. The molecule has 2 fully saturated rings. The predicted octanol–water partition coefficient (Wildman–Crippen LogP) is 5.87. The lowest BCUT2D eigenvalue weighted by Crippen LogP contribution is -2.53. The summed E-state index contributed by atoms with van der Waals surface area (Å²) in [6, 6.07) is 15.4. The second kappa shape index (κ2) is 11.0. The van der Waals surface area contributed by atoms with Crippen molar-refractivity contribution in [1.29, 1.82) is 0 Å². The number of urea groups is 1. The van der Waals surface area contributed by atoms with E-state index in [0.29, 0.717) is 25.7 Å². The number of likely N-dealkylation sites (tertiary alicyclic amines) is 2. The SMILES string of the molecule is Cc1ccc(Nc2c(-c3ccc(F)cc3)nc3n2CCN(C(=O)N2CCC(N4CCCC(C)C4)CC2)C3)cc1. The number of halogens is 1. The van der Waals surface area contributed by atoms with Crippen molar-refractivity contribution in [3.05, 3.63) is 65.7 Å². The molecule has 0 spiro atoms. The quantitative estimate of drug-likeness (QED) is 0.458. The van der Waals surface area contributed by atoms with Crippen LogP contribution in [0.1, 0.15) is 44.0 Å². The van der Waals surface area contributed by atoms with E-state index < -0.39 is 0 Å². The first-order chi connectivity index (χ1) is 18.9. The number of benzene rings is 2. The molecule has 3 aliphatic heterocycles. The van der Waals surface area contributed by atoms with Gasteiger partial charge in [0.2, 0.25) is 0 Å². The zero-order chi connectivity index (χ0) is 26.9. The molecule has 0 aliphatic carbocycles. The van der Waals surface area contributed by atoms with Crippen molar-refractivity contribution < 1.29 is 9.18 Å². The highest BCUT2D eigenvalue weighted by Crippen LogP contribution is 2.34. The van der Waals surface area contributed by atoms with Crippen molar-refractivity contribution in [2.24, 2.45) is 5.92 Å². The molecule has 7 nitrogen and oxygen atoms in total. The summed E-state index contributed by atoms with van der Waals surface area (Å²) in [6.07, 6.45) is 4.74. The third kappa shape index (κ3) is 5.53. The number of rotatable bonds is 4. The average molecular weight is 531 g/mol. The first kappa shape index (κ1) is 25.9. The number of nitrogens with zero attached hydrogens (tertiary/aromatic N) is 5. The predicted molar refractivity (Wildman–Crippen MR) is 152 cm³/mol. The van der Waals surface area contributed by atoms with E-state index in [1.54, 1.807) is 12.1 Å². The van der Waals surface area contributed by atoms with Gasteiger partial charge in [-0.05, 0) is 81.5 Å².